The molecule has 1 saturated heterocycles. The van der Waals surface area contributed by atoms with E-state index in [9.17, 15) is 19.1 Å². The Kier molecular flexibility index (Phi) is 10.3. The number of benzene rings is 2. The molecule has 2 amide bonds. The first-order valence-electron chi connectivity index (χ1n) is 16.9. The second kappa shape index (κ2) is 14.8. The van der Waals surface area contributed by atoms with Gasteiger partial charge in [0.15, 0.2) is 0 Å². The van der Waals surface area contributed by atoms with Crippen molar-refractivity contribution in [2.75, 3.05) is 13.1 Å². The third-order valence-electron chi connectivity index (χ3n) is 9.29. The summed E-state index contributed by atoms with van der Waals surface area (Å²) in [6.45, 7) is 8.63. The van der Waals surface area contributed by atoms with E-state index in [-0.39, 0.29) is 35.2 Å². The molecule has 1 aliphatic carbocycles. The molecule has 2 aromatic carbocycles. The number of nitrogens with one attached hydrogen (secondary N) is 3. The lowest BCUT2D eigenvalue weighted by molar-refractivity contribution is 0.0887. The number of amides is 2. The molecule has 2 aromatic heterocycles. The summed E-state index contributed by atoms with van der Waals surface area (Å²) in [7, 11) is 1.80. The first-order valence-corrected chi connectivity index (χ1v) is 16.9. The number of carbonyl (C=O) groups excluding carboxylic acids is 2. The molecule has 0 bridgehead atoms. The van der Waals surface area contributed by atoms with Gasteiger partial charge in [0, 0.05) is 62.1 Å². The maximum absolute atomic E-state index is 14.4. The topological polar surface area (TPSA) is 134 Å². The molecule has 3 heterocycles. The molecule has 4 aromatic rings. The monoisotopic (exact) mass is 669 g/mol. The average molecular weight is 670 g/mol. The second-order valence-electron chi connectivity index (χ2n) is 13.4. The van der Waals surface area contributed by atoms with E-state index in [2.05, 4.69) is 44.8 Å². The van der Waals surface area contributed by atoms with E-state index >= 15 is 0 Å². The number of carbonyl (C=O) groups is 2. The second-order valence-corrected chi connectivity index (χ2v) is 13.4. The minimum Gasteiger partial charge on any atom is -0.508 e. The fraction of sp³-hybridized carbons (Fsp3) is 0.405. The highest BCUT2D eigenvalue weighted by molar-refractivity contribution is 5.96. The summed E-state index contributed by atoms with van der Waals surface area (Å²) in [6, 6.07) is 16.4. The van der Waals surface area contributed by atoms with Gasteiger partial charge in [-0.2, -0.15) is 5.10 Å². The molecular formula is C37H44FN7O4. The van der Waals surface area contributed by atoms with Crippen LogP contribution in [0.15, 0.2) is 60.8 Å². The van der Waals surface area contributed by atoms with E-state index < -0.39 is 11.7 Å². The standard InChI is InChI=1S/C37H44FN7O4/c1-22-19-45(20-23(2)40-22)21-27-15-26(8-13-34(27)46)25-6-5-7-31(16-25)49-37-32(17-28(38)18-39-37)35(47)41-29-9-11-30(12-10-29)42-36(48)33-14-24(3)44(4)43-33/h5-8,13-18,22-23,29-30,40,46H,9-12,19-21H2,1-4H3,(H,41,47)(H,42,48)/t22-,23+,29-,30-. The van der Waals surface area contributed by atoms with Crippen LogP contribution in [0.1, 0.15) is 71.6 Å². The molecule has 11 nitrogen and oxygen atoms in total. The number of hydrogen-bond donors (Lipinski definition) is 4. The summed E-state index contributed by atoms with van der Waals surface area (Å²) in [6.07, 6.45) is 3.70. The SMILES string of the molecule is Cc1cc(C(=O)N[C@H]2CC[C@H](NC(=O)c3cc(F)cnc3Oc3cccc(-c4ccc(O)c(CN5C[C@@H](C)N[C@@H](C)C5)c4)c3)CC2)nn1C. The number of pyridine rings is 1. The number of aromatic nitrogens is 3. The highest BCUT2D eigenvalue weighted by Gasteiger charge is 2.27. The number of aryl methyl sites for hydroxylation is 2. The normalized spacial score (nSPS) is 21.2. The first kappa shape index (κ1) is 34.1. The fourth-order valence-corrected chi connectivity index (χ4v) is 6.80. The van der Waals surface area contributed by atoms with E-state index in [0.717, 1.165) is 47.7 Å². The lowest BCUT2D eigenvalue weighted by Crippen LogP contribution is -2.53. The van der Waals surface area contributed by atoms with Crippen molar-refractivity contribution in [2.24, 2.45) is 7.05 Å². The predicted octanol–water partition coefficient (Wildman–Crippen LogP) is 5.08. The summed E-state index contributed by atoms with van der Waals surface area (Å²) in [5.74, 6) is -0.653. The zero-order valence-corrected chi connectivity index (χ0v) is 28.4. The molecule has 258 valence electrons. The van der Waals surface area contributed by atoms with Gasteiger partial charge in [-0.3, -0.25) is 19.2 Å². The van der Waals surface area contributed by atoms with Gasteiger partial charge in [0.25, 0.3) is 11.8 Å². The average Bonchev–Trinajstić information content (AvgIpc) is 3.41. The number of rotatable bonds is 9. The Labute approximate surface area is 285 Å². The van der Waals surface area contributed by atoms with E-state index in [1.807, 2.05) is 37.3 Å². The molecule has 4 N–H and O–H groups in total. The number of phenolic OH excluding ortho intramolecular Hbond substituents is 1. The Balaban J connectivity index is 1.09. The number of hydrogen-bond acceptors (Lipinski definition) is 8. The van der Waals surface area contributed by atoms with Crippen molar-refractivity contribution in [2.45, 2.75) is 77.2 Å². The third kappa shape index (κ3) is 8.44. The van der Waals surface area contributed by atoms with Crippen LogP contribution in [0.25, 0.3) is 11.1 Å². The molecule has 2 fully saturated rings. The number of ether oxygens (including phenoxy) is 1. The molecule has 1 saturated carbocycles. The molecule has 0 spiro atoms. The Morgan fingerprint density at radius 3 is 2.31 bits per heavy atom. The van der Waals surface area contributed by atoms with Crippen molar-refractivity contribution >= 4 is 11.8 Å². The molecule has 0 unspecified atom stereocenters. The summed E-state index contributed by atoms with van der Waals surface area (Å²) in [5.41, 5.74) is 3.88. The van der Waals surface area contributed by atoms with Crippen LogP contribution in [-0.2, 0) is 13.6 Å². The third-order valence-corrected chi connectivity index (χ3v) is 9.29. The highest BCUT2D eigenvalue weighted by atomic mass is 19.1. The number of halogens is 1. The highest BCUT2D eigenvalue weighted by Crippen LogP contribution is 2.32. The van der Waals surface area contributed by atoms with E-state index in [4.69, 9.17) is 4.74 Å². The van der Waals surface area contributed by atoms with Crippen molar-refractivity contribution in [3.8, 4) is 28.5 Å². The Morgan fingerprint density at radius 1 is 0.959 bits per heavy atom. The number of piperazine rings is 1. The van der Waals surface area contributed by atoms with Gasteiger partial charge in [-0.05, 0) is 94.0 Å². The van der Waals surface area contributed by atoms with E-state index in [1.54, 1.807) is 29.9 Å². The quantitative estimate of drug-likeness (QED) is 0.194. The van der Waals surface area contributed by atoms with Crippen LogP contribution in [-0.4, -0.2) is 73.8 Å². The van der Waals surface area contributed by atoms with Gasteiger partial charge in [-0.1, -0.05) is 18.2 Å². The minimum atomic E-state index is -0.646. The van der Waals surface area contributed by atoms with Gasteiger partial charge in [0.05, 0.1) is 6.20 Å². The number of phenols is 1. The van der Waals surface area contributed by atoms with Gasteiger partial charge in [0.2, 0.25) is 5.88 Å². The first-order chi connectivity index (χ1) is 23.5. The van der Waals surface area contributed by atoms with Gasteiger partial charge < -0.3 is 25.8 Å². The molecule has 2 atom stereocenters. The van der Waals surface area contributed by atoms with Crippen molar-refractivity contribution in [1.82, 2.24) is 35.6 Å². The Bertz CT molecular complexity index is 1790. The largest absolute Gasteiger partial charge is 0.508 e. The van der Waals surface area contributed by atoms with Crippen LogP contribution in [0.3, 0.4) is 0 Å². The number of nitrogens with zero attached hydrogens (tertiary/aromatic N) is 4. The number of aromatic hydroxyl groups is 1. The van der Waals surface area contributed by atoms with Crippen molar-refractivity contribution < 1.29 is 23.8 Å². The maximum Gasteiger partial charge on any atom is 0.272 e. The van der Waals surface area contributed by atoms with Gasteiger partial charge >= 0.3 is 0 Å². The summed E-state index contributed by atoms with van der Waals surface area (Å²) < 4.78 is 22.1. The van der Waals surface area contributed by atoms with Crippen LogP contribution < -0.4 is 20.7 Å². The van der Waals surface area contributed by atoms with Gasteiger partial charge in [-0.25, -0.2) is 9.37 Å². The Morgan fingerprint density at radius 2 is 1.63 bits per heavy atom. The Hall–Kier alpha value is -4.81. The zero-order valence-electron chi connectivity index (χ0n) is 28.4. The van der Waals surface area contributed by atoms with Crippen LogP contribution in [0, 0.1) is 12.7 Å². The van der Waals surface area contributed by atoms with Crippen LogP contribution in [0.5, 0.6) is 17.4 Å². The van der Waals surface area contributed by atoms with Crippen molar-refractivity contribution in [3.05, 3.63) is 89.1 Å². The molecule has 1 aliphatic heterocycles. The van der Waals surface area contributed by atoms with Gasteiger partial charge in [0.1, 0.15) is 28.6 Å². The molecule has 0 radical (unpaired) electrons. The molecule has 49 heavy (non-hydrogen) atoms. The summed E-state index contributed by atoms with van der Waals surface area (Å²) >= 11 is 0. The maximum atomic E-state index is 14.4. The zero-order chi connectivity index (χ0) is 34.7. The predicted molar refractivity (Wildman–Crippen MR) is 184 cm³/mol. The molecule has 12 heteroatoms. The van der Waals surface area contributed by atoms with Crippen LogP contribution in [0.4, 0.5) is 4.39 Å². The molecular weight excluding hydrogens is 625 g/mol. The minimum absolute atomic E-state index is 0.00208. The van der Waals surface area contributed by atoms with Crippen molar-refractivity contribution in [3.63, 3.8) is 0 Å². The summed E-state index contributed by atoms with van der Waals surface area (Å²) in [4.78, 5) is 32.5. The van der Waals surface area contributed by atoms with Crippen LogP contribution in [0.2, 0.25) is 0 Å². The molecule has 6 rings (SSSR count). The van der Waals surface area contributed by atoms with Gasteiger partial charge in [-0.15, -0.1) is 0 Å². The smallest absolute Gasteiger partial charge is 0.272 e. The fourth-order valence-electron chi connectivity index (χ4n) is 6.80. The molecule has 2 aliphatic rings. The lowest BCUT2D eigenvalue weighted by Gasteiger charge is -2.36. The van der Waals surface area contributed by atoms with Crippen LogP contribution >= 0.6 is 0 Å². The van der Waals surface area contributed by atoms with Crippen molar-refractivity contribution in [1.29, 1.82) is 0 Å². The van der Waals surface area contributed by atoms with E-state index in [0.29, 0.717) is 55.8 Å². The lowest BCUT2D eigenvalue weighted by atomic mass is 9.91. The van der Waals surface area contributed by atoms with E-state index in [1.165, 1.54) is 0 Å². The summed E-state index contributed by atoms with van der Waals surface area (Å²) in [5, 5.41) is 24.5.